The monoisotopic (exact) mass is 586 g/mol. The normalized spacial score (nSPS) is 10.1. The van der Waals surface area contributed by atoms with Crippen molar-refractivity contribution >= 4 is 74.7 Å². The Morgan fingerprint density at radius 2 is 1.63 bits per heavy atom. The van der Waals surface area contributed by atoms with Gasteiger partial charge in [0.2, 0.25) is 0 Å². The summed E-state index contributed by atoms with van der Waals surface area (Å²) in [5, 5.41) is 12.5. The number of nitro groups is 1. The molecule has 2 heterocycles. The summed E-state index contributed by atoms with van der Waals surface area (Å²) >= 11 is 18.5. The molecule has 3 aromatic rings. The fourth-order valence-electron chi connectivity index (χ4n) is 1.99. The second kappa shape index (κ2) is 10.8. The summed E-state index contributed by atoms with van der Waals surface area (Å²) in [6, 6.07) is 6.50. The van der Waals surface area contributed by atoms with Gasteiger partial charge in [-0.05, 0) is 40.8 Å². The van der Waals surface area contributed by atoms with Crippen LogP contribution in [0.5, 0.6) is 0 Å². The number of hydrogen-bond acceptors (Lipinski definition) is 5. The van der Waals surface area contributed by atoms with Crippen LogP contribution in [0.3, 0.4) is 0 Å². The number of rotatable bonds is 3. The van der Waals surface area contributed by atoms with E-state index in [-0.39, 0.29) is 21.4 Å². The van der Waals surface area contributed by atoms with Crippen LogP contribution in [0.2, 0.25) is 15.3 Å². The van der Waals surface area contributed by atoms with E-state index in [1.165, 1.54) is 30.6 Å². The summed E-state index contributed by atoms with van der Waals surface area (Å²) in [4.78, 5) is 29.3. The van der Waals surface area contributed by atoms with Gasteiger partial charge in [0.05, 0.1) is 19.2 Å². The van der Waals surface area contributed by atoms with Gasteiger partial charge in [-0.2, -0.15) is 0 Å². The number of nitrogens with one attached hydrogen (secondary N) is 1. The molecule has 0 saturated heterocycles. The highest BCUT2D eigenvalue weighted by atomic mass is 127. The first-order valence-electron chi connectivity index (χ1n) is 7.63. The number of anilines is 1. The molecule has 1 aromatic carbocycles. The third kappa shape index (κ3) is 5.94. The van der Waals surface area contributed by atoms with Crippen LogP contribution in [0, 0.1) is 25.3 Å². The lowest BCUT2D eigenvalue weighted by molar-refractivity contribution is -0.385. The second-order valence-corrected chi connectivity index (χ2v) is 7.49. The molecule has 0 fully saturated rings. The van der Waals surface area contributed by atoms with Crippen LogP contribution < -0.4 is 5.32 Å². The maximum atomic E-state index is 13.7. The highest BCUT2D eigenvalue weighted by Gasteiger charge is 2.24. The number of aromatic nitrogens is 2. The van der Waals surface area contributed by atoms with Gasteiger partial charge < -0.3 is 5.32 Å². The fraction of sp³-hybridized carbons (Fsp3) is 0. The van der Waals surface area contributed by atoms with Crippen molar-refractivity contribution in [1.29, 1.82) is 0 Å². The van der Waals surface area contributed by atoms with Gasteiger partial charge in [-0.15, -0.1) is 0 Å². The Hall–Kier alpha value is -2.15. The Morgan fingerprint density at radius 3 is 2.20 bits per heavy atom. The Kier molecular flexibility index (Phi) is 8.65. The molecule has 0 saturated carbocycles. The molecule has 13 heteroatoms. The molecule has 30 heavy (non-hydrogen) atoms. The highest BCUT2D eigenvalue weighted by Crippen LogP contribution is 2.28. The maximum Gasteiger partial charge on any atom is 0.283 e. The summed E-state index contributed by atoms with van der Waals surface area (Å²) < 4.78 is 26.7. The van der Waals surface area contributed by atoms with E-state index in [2.05, 4.69) is 15.3 Å². The Morgan fingerprint density at radius 1 is 1.03 bits per heavy atom. The molecule has 0 radical (unpaired) electrons. The van der Waals surface area contributed by atoms with Gasteiger partial charge in [-0.1, -0.05) is 40.9 Å². The number of nitro benzene ring substituents is 1. The van der Waals surface area contributed by atoms with E-state index >= 15 is 0 Å². The summed E-state index contributed by atoms with van der Waals surface area (Å²) in [6.07, 6.45) is 2.65. The molecule has 0 spiro atoms. The minimum absolute atomic E-state index is 0.0677. The smallest absolute Gasteiger partial charge is 0.283 e. The van der Waals surface area contributed by atoms with Gasteiger partial charge in [-0.25, -0.2) is 18.7 Å². The van der Waals surface area contributed by atoms with Gasteiger partial charge in [0.25, 0.3) is 11.6 Å². The topological polar surface area (TPSA) is 98.0 Å². The van der Waals surface area contributed by atoms with Gasteiger partial charge in [0.15, 0.2) is 21.9 Å². The van der Waals surface area contributed by atoms with E-state index in [4.69, 9.17) is 34.8 Å². The Labute approximate surface area is 196 Å². The molecular weight excluding hydrogens is 579 g/mol. The van der Waals surface area contributed by atoms with Crippen LogP contribution in [-0.4, -0.2) is 20.8 Å². The minimum Gasteiger partial charge on any atom is -0.319 e. The third-order valence-electron chi connectivity index (χ3n) is 3.31. The van der Waals surface area contributed by atoms with Crippen molar-refractivity contribution < 1.29 is 18.5 Å². The van der Waals surface area contributed by atoms with E-state index < -0.39 is 33.3 Å². The number of hydrogen-bond donors (Lipinski definition) is 1. The first-order valence-corrected chi connectivity index (χ1v) is 9.84. The van der Waals surface area contributed by atoms with Crippen LogP contribution >= 0.6 is 57.4 Å². The average Bonchev–Trinajstić information content (AvgIpc) is 2.69. The average molecular weight is 588 g/mol. The van der Waals surface area contributed by atoms with Crippen LogP contribution in [0.4, 0.5) is 20.2 Å². The quantitative estimate of drug-likeness (QED) is 0.171. The first kappa shape index (κ1) is 24.1. The zero-order valence-electron chi connectivity index (χ0n) is 14.4. The maximum absolute atomic E-state index is 13.7. The van der Waals surface area contributed by atoms with Gasteiger partial charge in [-0.3, -0.25) is 14.9 Å². The van der Waals surface area contributed by atoms with Crippen molar-refractivity contribution in [1.82, 2.24) is 9.97 Å². The molecule has 0 aliphatic rings. The fourth-order valence-corrected chi connectivity index (χ4v) is 3.13. The summed E-state index contributed by atoms with van der Waals surface area (Å²) in [5.41, 5.74) is -1.11. The zero-order valence-corrected chi connectivity index (χ0v) is 18.8. The summed E-state index contributed by atoms with van der Waals surface area (Å²) in [5.74, 6) is -2.31. The lowest BCUT2D eigenvalue weighted by Gasteiger charge is -2.08. The molecule has 0 unspecified atom stereocenters. The SMILES string of the molecule is Fc1c(I)ccnc1Cl.O=C(Nc1ccnc(Cl)c1F)c1c(Cl)cccc1[N+](=O)[O-]. The van der Waals surface area contributed by atoms with E-state index in [0.717, 1.165) is 6.07 Å². The lowest BCUT2D eigenvalue weighted by atomic mass is 10.1. The van der Waals surface area contributed by atoms with Crippen molar-refractivity contribution in [3.05, 3.63) is 88.9 Å². The lowest BCUT2D eigenvalue weighted by Crippen LogP contribution is -2.15. The standard InChI is InChI=1S/C12H6Cl2FN3O3.C5H2ClFIN/c13-6-2-1-3-8(18(20)21)9(6)12(19)17-7-4-5-16-11(14)10(7)15;6-5-4(7)3(8)1-2-9-5/h1-5H,(H,16,17,19);1-2H. The number of carbonyl (C=O) groups excluding carboxylic acids is 1. The van der Waals surface area contributed by atoms with E-state index in [1.54, 1.807) is 6.07 Å². The minimum atomic E-state index is -0.942. The first-order chi connectivity index (χ1) is 14.1. The van der Waals surface area contributed by atoms with E-state index in [0.29, 0.717) is 3.57 Å². The molecule has 3 rings (SSSR count). The predicted molar refractivity (Wildman–Crippen MR) is 117 cm³/mol. The molecule has 0 aliphatic heterocycles. The van der Waals surface area contributed by atoms with E-state index in [1.807, 2.05) is 22.6 Å². The van der Waals surface area contributed by atoms with Gasteiger partial charge in [0, 0.05) is 18.5 Å². The van der Waals surface area contributed by atoms with Crippen LogP contribution in [-0.2, 0) is 0 Å². The number of nitrogens with zero attached hydrogens (tertiary/aromatic N) is 3. The predicted octanol–water partition coefficient (Wildman–Crippen LogP) is 6.17. The van der Waals surface area contributed by atoms with Crippen molar-refractivity contribution in [2.24, 2.45) is 0 Å². The zero-order chi connectivity index (χ0) is 22.4. The van der Waals surface area contributed by atoms with Crippen LogP contribution in [0.25, 0.3) is 0 Å². The van der Waals surface area contributed by atoms with Gasteiger partial charge >= 0.3 is 0 Å². The molecular formula is C17H8Cl3F2IN4O3. The number of benzene rings is 1. The van der Waals surface area contributed by atoms with Crippen molar-refractivity contribution in [3.63, 3.8) is 0 Å². The molecule has 1 amide bonds. The molecule has 7 nitrogen and oxygen atoms in total. The van der Waals surface area contributed by atoms with Crippen molar-refractivity contribution in [2.75, 3.05) is 5.32 Å². The van der Waals surface area contributed by atoms with Gasteiger partial charge in [0.1, 0.15) is 5.56 Å². The Bertz CT molecular complexity index is 1100. The highest BCUT2D eigenvalue weighted by molar-refractivity contribution is 14.1. The van der Waals surface area contributed by atoms with Crippen LogP contribution in [0.15, 0.2) is 42.7 Å². The number of amides is 1. The summed E-state index contributed by atoms with van der Waals surface area (Å²) in [6.45, 7) is 0. The van der Waals surface area contributed by atoms with Crippen molar-refractivity contribution in [2.45, 2.75) is 0 Å². The third-order valence-corrected chi connectivity index (χ3v) is 4.98. The molecule has 0 aliphatic carbocycles. The molecule has 156 valence electrons. The summed E-state index contributed by atoms with van der Waals surface area (Å²) in [7, 11) is 0. The second-order valence-electron chi connectivity index (χ2n) is 5.21. The number of pyridine rings is 2. The largest absolute Gasteiger partial charge is 0.319 e. The van der Waals surface area contributed by atoms with E-state index in [9.17, 15) is 23.7 Å². The molecule has 0 atom stereocenters. The Balaban J connectivity index is 0.000000297. The number of halogens is 6. The molecule has 2 aromatic heterocycles. The van der Waals surface area contributed by atoms with Crippen molar-refractivity contribution in [3.8, 4) is 0 Å². The van der Waals surface area contributed by atoms with Crippen LogP contribution in [0.1, 0.15) is 10.4 Å². The molecule has 0 bridgehead atoms. The number of carbonyl (C=O) groups is 1. The molecule has 1 N–H and O–H groups in total.